The van der Waals surface area contributed by atoms with Crippen LogP contribution in [0.15, 0.2) is 35.7 Å². The Morgan fingerprint density at radius 3 is 2.75 bits per heavy atom. The van der Waals surface area contributed by atoms with E-state index < -0.39 is 11.7 Å². The first-order valence-corrected chi connectivity index (χ1v) is 10.3. The number of anilines is 1. The number of benzene rings is 2. The Bertz CT molecular complexity index is 1080. The number of ether oxygens (including phenoxy) is 1. The SMILES string of the molecule is Cc1cccc2c1-c1c(Cl)ccc(-c3csc(NC(=O)OC(C)(C)C)n3)c1C2. The van der Waals surface area contributed by atoms with Crippen molar-refractivity contribution >= 4 is 34.2 Å². The lowest BCUT2D eigenvalue weighted by molar-refractivity contribution is 0.0636. The summed E-state index contributed by atoms with van der Waals surface area (Å²) in [5.74, 6) is 0. The number of halogens is 1. The molecule has 4 rings (SSSR count). The lowest BCUT2D eigenvalue weighted by atomic mass is 9.97. The van der Waals surface area contributed by atoms with Crippen LogP contribution in [0.2, 0.25) is 5.02 Å². The maximum atomic E-state index is 12.0. The van der Waals surface area contributed by atoms with Crippen LogP contribution in [0.3, 0.4) is 0 Å². The van der Waals surface area contributed by atoms with Gasteiger partial charge >= 0.3 is 6.09 Å². The fraction of sp³-hybridized carbons (Fsp3) is 0.273. The molecule has 1 amide bonds. The third-order valence-electron chi connectivity index (χ3n) is 4.63. The van der Waals surface area contributed by atoms with Crippen LogP contribution in [-0.4, -0.2) is 16.7 Å². The number of hydrogen-bond acceptors (Lipinski definition) is 4. The summed E-state index contributed by atoms with van der Waals surface area (Å²) in [4.78, 5) is 16.6. The maximum absolute atomic E-state index is 12.0. The number of amides is 1. The summed E-state index contributed by atoms with van der Waals surface area (Å²) in [6.07, 6.45) is 0.326. The summed E-state index contributed by atoms with van der Waals surface area (Å²) in [5.41, 5.74) is 7.34. The summed E-state index contributed by atoms with van der Waals surface area (Å²) in [7, 11) is 0. The average Bonchev–Trinajstić information content (AvgIpc) is 3.19. The molecule has 0 atom stereocenters. The van der Waals surface area contributed by atoms with Crippen molar-refractivity contribution in [1.29, 1.82) is 0 Å². The molecule has 1 aliphatic rings. The van der Waals surface area contributed by atoms with Gasteiger partial charge in [0.1, 0.15) is 5.60 Å². The van der Waals surface area contributed by atoms with Gasteiger partial charge in [0.15, 0.2) is 5.13 Å². The summed E-state index contributed by atoms with van der Waals surface area (Å²) in [5, 5.41) is 5.94. The van der Waals surface area contributed by atoms with Crippen LogP contribution in [0.25, 0.3) is 22.4 Å². The van der Waals surface area contributed by atoms with Crippen LogP contribution in [0.5, 0.6) is 0 Å². The van der Waals surface area contributed by atoms with E-state index in [4.69, 9.17) is 16.3 Å². The minimum Gasteiger partial charge on any atom is -0.444 e. The van der Waals surface area contributed by atoms with Gasteiger partial charge in [-0.15, -0.1) is 11.3 Å². The Kier molecular flexibility index (Phi) is 4.68. The fourth-order valence-electron chi connectivity index (χ4n) is 3.58. The second kappa shape index (κ2) is 6.90. The molecule has 6 heteroatoms. The third kappa shape index (κ3) is 3.52. The molecule has 3 aromatic rings. The van der Waals surface area contributed by atoms with E-state index in [2.05, 4.69) is 35.4 Å². The molecule has 2 aromatic carbocycles. The summed E-state index contributed by atoms with van der Waals surface area (Å²) in [6.45, 7) is 7.60. The predicted molar refractivity (Wildman–Crippen MR) is 115 cm³/mol. The van der Waals surface area contributed by atoms with Crippen molar-refractivity contribution in [2.75, 3.05) is 5.32 Å². The van der Waals surface area contributed by atoms with Crippen LogP contribution in [0.1, 0.15) is 37.5 Å². The average molecular weight is 413 g/mol. The highest BCUT2D eigenvalue weighted by Gasteiger charge is 2.26. The molecule has 1 heterocycles. The van der Waals surface area contributed by atoms with Gasteiger partial charge in [-0.05, 0) is 62.4 Å². The number of carbonyl (C=O) groups excluding carboxylic acids is 1. The van der Waals surface area contributed by atoms with Crippen molar-refractivity contribution in [3.63, 3.8) is 0 Å². The number of hydrogen-bond donors (Lipinski definition) is 1. The number of carbonyl (C=O) groups is 1. The van der Waals surface area contributed by atoms with Gasteiger partial charge in [0.2, 0.25) is 0 Å². The van der Waals surface area contributed by atoms with E-state index in [1.165, 1.54) is 33.6 Å². The molecule has 0 bridgehead atoms. The molecule has 4 nitrogen and oxygen atoms in total. The van der Waals surface area contributed by atoms with Gasteiger partial charge in [0.25, 0.3) is 0 Å². The zero-order chi connectivity index (χ0) is 20.1. The third-order valence-corrected chi connectivity index (χ3v) is 5.70. The van der Waals surface area contributed by atoms with E-state index in [1.807, 2.05) is 38.3 Å². The quantitative estimate of drug-likeness (QED) is 0.399. The number of rotatable bonds is 2. The highest BCUT2D eigenvalue weighted by molar-refractivity contribution is 7.14. The molecule has 0 unspecified atom stereocenters. The molecule has 28 heavy (non-hydrogen) atoms. The summed E-state index contributed by atoms with van der Waals surface area (Å²) >= 11 is 7.95. The largest absolute Gasteiger partial charge is 0.444 e. The van der Waals surface area contributed by atoms with E-state index in [0.29, 0.717) is 5.13 Å². The van der Waals surface area contributed by atoms with Crippen molar-refractivity contribution in [1.82, 2.24) is 4.98 Å². The van der Waals surface area contributed by atoms with Gasteiger partial charge in [-0.1, -0.05) is 35.9 Å². The molecule has 0 spiro atoms. The highest BCUT2D eigenvalue weighted by Crippen LogP contribution is 2.46. The van der Waals surface area contributed by atoms with E-state index in [0.717, 1.165) is 28.3 Å². The van der Waals surface area contributed by atoms with Crippen molar-refractivity contribution in [2.45, 2.75) is 39.7 Å². The Labute approximate surface area is 173 Å². The van der Waals surface area contributed by atoms with Crippen LogP contribution in [-0.2, 0) is 11.2 Å². The van der Waals surface area contributed by atoms with Crippen LogP contribution < -0.4 is 5.32 Å². The Balaban J connectivity index is 1.68. The normalized spacial score (nSPS) is 12.5. The zero-order valence-corrected chi connectivity index (χ0v) is 17.8. The van der Waals surface area contributed by atoms with Gasteiger partial charge < -0.3 is 4.74 Å². The van der Waals surface area contributed by atoms with Gasteiger partial charge in [-0.25, -0.2) is 9.78 Å². The molecule has 0 aliphatic heterocycles. The van der Waals surface area contributed by atoms with Crippen LogP contribution in [0.4, 0.5) is 9.93 Å². The molecule has 0 radical (unpaired) electrons. The second-order valence-corrected chi connectivity index (χ2v) is 9.16. The molecule has 0 saturated carbocycles. The van der Waals surface area contributed by atoms with Gasteiger partial charge in [-0.2, -0.15) is 0 Å². The van der Waals surface area contributed by atoms with Gasteiger partial charge in [0.05, 0.1) is 5.69 Å². The smallest absolute Gasteiger partial charge is 0.413 e. The number of aromatic nitrogens is 1. The first-order chi connectivity index (χ1) is 13.2. The summed E-state index contributed by atoms with van der Waals surface area (Å²) < 4.78 is 5.30. The molecular weight excluding hydrogens is 392 g/mol. The predicted octanol–water partition coefficient (Wildman–Crippen LogP) is 6.69. The lowest BCUT2D eigenvalue weighted by Gasteiger charge is -2.18. The molecule has 0 fully saturated rings. The van der Waals surface area contributed by atoms with E-state index >= 15 is 0 Å². The zero-order valence-electron chi connectivity index (χ0n) is 16.2. The van der Waals surface area contributed by atoms with Crippen LogP contribution >= 0.6 is 22.9 Å². The van der Waals surface area contributed by atoms with E-state index in [-0.39, 0.29) is 0 Å². The summed E-state index contributed by atoms with van der Waals surface area (Å²) in [6, 6.07) is 10.3. The molecular formula is C22H21ClN2O2S. The number of thiazole rings is 1. The second-order valence-electron chi connectivity index (χ2n) is 7.90. The standard InChI is InChI=1S/C22H21ClN2O2S/c1-12-6-5-7-13-10-15-14(8-9-16(23)19(15)18(12)13)17-11-28-20(24-17)25-21(26)27-22(2,3)4/h5-9,11H,10H2,1-4H3,(H,24,25,26). The monoisotopic (exact) mass is 412 g/mol. The Morgan fingerprint density at radius 1 is 1.21 bits per heavy atom. The van der Waals surface area contributed by atoms with Crippen molar-refractivity contribution < 1.29 is 9.53 Å². The number of aryl methyl sites for hydroxylation is 1. The van der Waals surface area contributed by atoms with E-state index in [1.54, 1.807) is 0 Å². The topological polar surface area (TPSA) is 51.2 Å². The van der Waals surface area contributed by atoms with Crippen LogP contribution in [0, 0.1) is 6.92 Å². The molecule has 1 N–H and O–H groups in total. The first-order valence-electron chi connectivity index (χ1n) is 9.09. The van der Waals surface area contributed by atoms with Gasteiger partial charge in [0, 0.05) is 21.5 Å². The van der Waals surface area contributed by atoms with Crippen molar-refractivity contribution in [2.24, 2.45) is 0 Å². The number of nitrogens with zero attached hydrogens (tertiary/aromatic N) is 1. The number of nitrogens with one attached hydrogen (secondary N) is 1. The maximum Gasteiger partial charge on any atom is 0.413 e. The minimum atomic E-state index is -0.551. The van der Waals surface area contributed by atoms with E-state index in [9.17, 15) is 4.79 Å². The van der Waals surface area contributed by atoms with Crippen molar-refractivity contribution in [3.8, 4) is 22.4 Å². The number of fused-ring (bicyclic) bond motifs is 3. The van der Waals surface area contributed by atoms with Crippen molar-refractivity contribution in [3.05, 3.63) is 57.4 Å². The highest BCUT2D eigenvalue weighted by atomic mass is 35.5. The fourth-order valence-corrected chi connectivity index (χ4v) is 4.55. The first kappa shape index (κ1) is 19.0. The molecule has 0 saturated heterocycles. The lowest BCUT2D eigenvalue weighted by Crippen LogP contribution is -2.27. The molecule has 1 aliphatic carbocycles. The minimum absolute atomic E-state index is 0.502. The Morgan fingerprint density at radius 2 is 2.00 bits per heavy atom. The molecule has 1 aromatic heterocycles. The van der Waals surface area contributed by atoms with Gasteiger partial charge in [-0.3, -0.25) is 5.32 Å². The Hall–Kier alpha value is -2.37. The molecule has 144 valence electrons.